The van der Waals surface area contributed by atoms with Crippen LogP contribution in [0.1, 0.15) is 48.1 Å². The molecular weight excluding hydrogens is 398 g/mol. The fourth-order valence-corrected chi connectivity index (χ4v) is 3.93. The van der Waals surface area contributed by atoms with Crippen LogP contribution in [0.5, 0.6) is 0 Å². The van der Waals surface area contributed by atoms with Crippen LogP contribution in [0.25, 0.3) is 0 Å². The van der Waals surface area contributed by atoms with E-state index in [0.29, 0.717) is 11.1 Å². The first kappa shape index (κ1) is 20.0. The number of aliphatic carboxylic acids is 1. The first-order chi connectivity index (χ1) is 14.9. The summed E-state index contributed by atoms with van der Waals surface area (Å²) in [5.74, 6) is -5.00. The molecule has 0 spiro atoms. The van der Waals surface area contributed by atoms with Crippen LogP contribution < -0.4 is 0 Å². The predicted molar refractivity (Wildman–Crippen MR) is 110 cm³/mol. The van der Waals surface area contributed by atoms with Gasteiger partial charge in [0.15, 0.2) is 0 Å². The molecule has 3 aromatic rings. The molecule has 2 amide bonds. The molecule has 1 heterocycles. The van der Waals surface area contributed by atoms with Crippen LogP contribution in [0.4, 0.5) is 0 Å². The molecule has 0 fully saturated rings. The molecular formula is C24H17NO6. The normalized spacial score (nSPS) is 13.9. The van der Waals surface area contributed by atoms with Gasteiger partial charge in [-0.2, -0.15) is 0 Å². The number of benzene rings is 3. The van der Waals surface area contributed by atoms with Gasteiger partial charge in [-0.25, -0.2) is 9.59 Å². The van der Waals surface area contributed by atoms with Gasteiger partial charge in [-0.15, -0.1) is 0 Å². The molecule has 0 aliphatic carbocycles. The number of carbonyl (C=O) groups is 4. The molecule has 7 nitrogen and oxygen atoms in total. The second kappa shape index (κ2) is 7.87. The van der Waals surface area contributed by atoms with Gasteiger partial charge in [0, 0.05) is 5.92 Å². The number of carboxylic acid groups (broad SMARTS) is 2. The zero-order valence-corrected chi connectivity index (χ0v) is 16.1. The molecule has 1 aliphatic heterocycles. The lowest BCUT2D eigenvalue weighted by Gasteiger charge is -2.31. The molecule has 154 valence electrons. The zero-order valence-electron chi connectivity index (χ0n) is 16.1. The Morgan fingerprint density at radius 3 is 1.71 bits per heavy atom. The number of hydrogen-bond donors (Lipinski definition) is 2. The van der Waals surface area contributed by atoms with Crippen LogP contribution in [-0.2, 0) is 4.79 Å². The Bertz CT molecular complexity index is 1150. The van der Waals surface area contributed by atoms with E-state index in [0.717, 1.165) is 11.0 Å². The minimum Gasteiger partial charge on any atom is -0.480 e. The Kier molecular flexibility index (Phi) is 5.09. The van der Waals surface area contributed by atoms with E-state index in [1.54, 1.807) is 60.7 Å². The molecule has 0 radical (unpaired) electrons. The largest absolute Gasteiger partial charge is 0.480 e. The topological polar surface area (TPSA) is 112 Å². The van der Waals surface area contributed by atoms with Crippen molar-refractivity contribution >= 4 is 23.8 Å². The molecule has 4 rings (SSSR count). The number of amides is 2. The minimum absolute atomic E-state index is 0.0128. The Hall–Kier alpha value is -4.26. The van der Waals surface area contributed by atoms with E-state index in [1.165, 1.54) is 12.1 Å². The van der Waals surface area contributed by atoms with Gasteiger partial charge in [0.2, 0.25) is 0 Å². The fraction of sp³-hybridized carbons (Fsp3) is 0.0833. The van der Waals surface area contributed by atoms with Gasteiger partial charge in [0.25, 0.3) is 11.8 Å². The molecule has 0 aromatic heterocycles. The quantitative estimate of drug-likeness (QED) is 0.598. The third kappa shape index (κ3) is 3.46. The van der Waals surface area contributed by atoms with Crippen LogP contribution in [0, 0.1) is 0 Å². The lowest BCUT2D eigenvalue weighted by Crippen LogP contribution is -2.48. The fourth-order valence-electron chi connectivity index (χ4n) is 3.93. The number of carbonyl (C=O) groups excluding carboxylic acids is 2. The van der Waals surface area contributed by atoms with Crippen LogP contribution in [0.3, 0.4) is 0 Å². The lowest BCUT2D eigenvalue weighted by molar-refractivity contribution is -0.142. The molecule has 0 saturated carbocycles. The van der Waals surface area contributed by atoms with Gasteiger partial charge >= 0.3 is 11.9 Å². The van der Waals surface area contributed by atoms with Crippen LogP contribution in [-0.4, -0.2) is 44.9 Å². The van der Waals surface area contributed by atoms with Crippen molar-refractivity contribution in [3.05, 3.63) is 107 Å². The average Bonchev–Trinajstić information content (AvgIpc) is 3.02. The maximum Gasteiger partial charge on any atom is 0.335 e. The van der Waals surface area contributed by atoms with Crippen LogP contribution >= 0.6 is 0 Å². The van der Waals surface area contributed by atoms with E-state index in [4.69, 9.17) is 0 Å². The summed E-state index contributed by atoms with van der Waals surface area (Å²) in [5, 5.41) is 19.4. The van der Waals surface area contributed by atoms with Gasteiger partial charge in [0.05, 0.1) is 16.7 Å². The number of fused-ring (bicyclic) bond motifs is 1. The molecule has 3 aromatic carbocycles. The molecule has 1 aliphatic rings. The van der Waals surface area contributed by atoms with Crippen molar-refractivity contribution in [2.24, 2.45) is 0 Å². The van der Waals surface area contributed by atoms with Crippen molar-refractivity contribution < 1.29 is 29.4 Å². The average molecular weight is 415 g/mol. The SMILES string of the molecule is O=C(O)c1ccc2c(c1)C(=O)N([C@@H](C(=O)O)C(c1ccccc1)c1ccccc1)C2=O. The minimum atomic E-state index is -1.52. The van der Waals surface area contributed by atoms with E-state index >= 15 is 0 Å². The van der Waals surface area contributed by atoms with Crippen molar-refractivity contribution in [2.75, 3.05) is 0 Å². The number of aromatic carboxylic acids is 1. The van der Waals surface area contributed by atoms with Crippen molar-refractivity contribution in [2.45, 2.75) is 12.0 Å². The number of nitrogens with zero attached hydrogens (tertiary/aromatic N) is 1. The summed E-state index contributed by atoms with van der Waals surface area (Å²) in [6.45, 7) is 0. The van der Waals surface area contributed by atoms with Gasteiger partial charge in [-0.1, -0.05) is 60.7 Å². The second-order valence-electron chi connectivity index (χ2n) is 7.13. The monoisotopic (exact) mass is 415 g/mol. The van der Waals surface area contributed by atoms with Gasteiger partial charge in [0.1, 0.15) is 6.04 Å². The molecule has 0 saturated heterocycles. The Morgan fingerprint density at radius 1 is 0.710 bits per heavy atom. The predicted octanol–water partition coefficient (Wildman–Crippen LogP) is 3.27. The first-order valence-electron chi connectivity index (χ1n) is 9.48. The third-order valence-corrected chi connectivity index (χ3v) is 5.33. The van der Waals surface area contributed by atoms with Crippen LogP contribution in [0.2, 0.25) is 0 Å². The highest BCUT2D eigenvalue weighted by Gasteiger charge is 2.47. The summed E-state index contributed by atoms with van der Waals surface area (Å²) in [7, 11) is 0. The molecule has 0 unspecified atom stereocenters. The van der Waals surface area contributed by atoms with Crippen LogP contribution in [0.15, 0.2) is 78.9 Å². The summed E-state index contributed by atoms with van der Waals surface area (Å²) in [5.41, 5.74) is 0.973. The van der Waals surface area contributed by atoms with Gasteiger partial charge in [-0.3, -0.25) is 14.5 Å². The summed E-state index contributed by atoms with van der Waals surface area (Å²) >= 11 is 0. The van der Waals surface area contributed by atoms with E-state index in [1.807, 2.05) is 0 Å². The van der Waals surface area contributed by atoms with E-state index < -0.39 is 35.7 Å². The van der Waals surface area contributed by atoms with Crippen molar-refractivity contribution in [3.8, 4) is 0 Å². The standard InChI is InChI=1S/C24H17NO6/c26-21-17-12-11-16(23(28)29)13-18(17)22(27)25(21)20(24(30)31)19(14-7-3-1-4-8-14)15-9-5-2-6-10-15/h1-13,19-20H,(H,28,29)(H,30,31)/t20-/m1/s1. The summed E-state index contributed by atoms with van der Waals surface area (Å²) in [6.07, 6.45) is 0. The maximum absolute atomic E-state index is 13.1. The molecule has 1 atom stereocenters. The van der Waals surface area contributed by atoms with Crippen molar-refractivity contribution in [1.82, 2.24) is 4.90 Å². The maximum atomic E-state index is 13.1. The van der Waals surface area contributed by atoms with Crippen molar-refractivity contribution in [3.63, 3.8) is 0 Å². The Morgan fingerprint density at radius 2 is 1.23 bits per heavy atom. The summed E-state index contributed by atoms with van der Waals surface area (Å²) < 4.78 is 0. The first-order valence-corrected chi connectivity index (χ1v) is 9.48. The number of carboxylic acids is 2. The smallest absolute Gasteiger partial charge is 0.335 e. The summed E-state index contributed by atoms with van der Waals surface area (Å²) in [6, 6.07) is 19.6. The molecule has 2 N–H and O–H groups in total. The Labute approximate surface area is 177 Å². The van der Waals surface area contributed by atoms with E-state index in [2.05, 4.69) is 0 Å². The van der Waals surface area contributed by atoms with Gasteiger partial charge in [-0.05, 0) is 29.3 Å². The van der Waals surface area contributed by atoms with E-state index in [9.17, 15) is 29.4 Å². The second-order valence-corrected chi connectivity index (χ2v) is 7.13. The highest BCUT2D eigenvalue weighted by molar-refractivity contribution is 6.23. The Balaban J connectivity index is 1.86. The lowest BCUT2D eigenvalue weighted by atomic mass is 9.84. The van der Waals surface area contributed by atoms with Gasteiger partial charge < -0.3 is 10.2 Å². The molecule has 0 bridgehead atoms. The molecule has 31 heavy (non-hydrogen) atoms. The molecule has 7 heteroatoms. The number of hydrogen-bond acceptors (Lipinski definition) is 4. The van der Waals surface area contributed by atoms with Crippen molar-refractivity contribution in [1.29, 1.82) is 0 Å². The highest BCUT2D eigenvalue weighted by Crippen LogP contribution is 2.36. The van der Waals surface area contributed by atoms with E-state index in [-0.39, 0.29) is 16.7 Å². The third-order valence-electron chi connectivity index (χ3n) is 5.33. The highest BCUT2D eigenvalue weighted by atomic mass is 16.4. The number of imide groups is 1. The zero-order chi connectivity index (χ0) is 22.1. The number of rotatable bonds is 6. The summed E-state index contributed by atoms with van der Waals surface area (Å²) in [4.78, 5) is 50.7.